The minimum absolute atomic E-state index is 0.145. The maximum Gasteiger partial charge on any atom is 0.409 e. The van der Waals surface area contributed by atoms with Crippen LogP contribution in [0, 0.1) is 5.92 Å². The third kappa shape index (κ3) is 4.57. The van der Waals surface area contributed by atoms with Gasteiger partial charge in [-0.2, -0.15) is 0 Å². The standard InChI is InChI=1S/C7H12ClN2O3/c1-4(2)5(6(9)11)10-7(12)13-3-8/h4-5,9H,3H2,1-2H3,(H,10,12). The Morgan fingerprint density at radius 2 is 2.08 bits per heavy atom. The molecule has 0 saturated carbocycles. The van der Waals surface area contributed by atoms with E-state index in [1.807, 2.05) is 0 Å². The zero-order chi connectivity index (χ0) is 10.4. The Balaban J connectivity index is 4.10. The summed E-state index contributed by atoms with van der Waals surface area (Å²) in [6.45, 7) is 3.44. The number of carbonyl (C=O) groups excluding carboxylic acids is 2. The fourth-order valence-corrected chi connectivity index (χ4v) is 0.852. The number of ether oxygens (including phenoxy) is 1. The highest BCUT2D eigenvalue weighted by atomic mass is 35.5. The number of halogens is 1. The molecule has 0 aliphatic rings. The second-order valence-corrected chi connectivity index (χ2v) is 2.99. The molecule has 0 aromatic carbocycles. The predicted octanol–water partition coefficient (Wildman–Crippen LogP) is 0.743. The van der Waals surface area contributed by atoms with Gasteiger partial charge in [-0.15, -0.1) is 0 Å². The van der Waals surface area contributed by atoms with E-state index in [2.05, 4.69) is 10.1 Å². The number of carbonyl (C=O) groups is 2. The Hall–Kier alpha value is -0.970. The Kier molecular flexibility index (Phi) is 5.22. The SMILES string of the molecule is CC(C)C(NC(=O)OCCl)C([NH])=O. The van der Waals surface area contributed by atoms with E-state index >= 15 is 0 Å². The van der Waals surface area contributed by atoms with Crippen LogP contribution in [0.2, 0.25) is 0 Å². The van der Waals surface area contributed by atoms with Crippen molar-refractivity contribution in [3.63, 3.8) is 0 Å². The van der Waals surface area contributed by atoms with E-state index in [9.17, 15) is 9.59 Å². The second-order valence-electron chi connectivity index (χ2n) is 2.77. The molecule has 0 aliphatic heterocycles. The Morgan fingerprint density at radius 1 is 1.54 bits per heavy atom. The molecule has 0 aromatic heterocycles. The van der Waals surface area contributed by atoms with E-state index < -0.39 is 18.0 Å². The van der Waals surface area contributed by atoms with Gasteiger partial charge in [0.2, 0.25) is 0 Å². The highest BCUT2D eigenvalue weighted by Gasteiger charge is 2.22. The van der Waals surface area contributed by atoms with Crippen molar-refractivity contribution in [3.05, 3.63) is 0 Å². The third-order valence-electron chi connectivity index (χ3n) is 1.41. The fraction of sp³-hybridized carbons (Fsp3) is 0.714. The van der Waals surface area contributed by atoms with Crippen molar-refractivity contribution in [3.8, 4) is 0 Å². The van der Waals surface area contributed by atoms with Crippen molar-refractivity contribution in [1.29, 1.82) is 0 Å². The highest BCUT2D eigenvalue weighted by Crippen LogP contribution is 2.01. The zero-order valence-corrected chi connectivity index (χ0v) is 8.22. The van der Waals surface area contributed by atoms with Crippen molar-refractivity contribution in [2.24, 2.45) is 5.92 Å². The molecule has 0 aliphatic carbocycles. The molecule has 5 nitrogen and oxygen atoms in total. The molecule has 0 heterocycles. The smallest absolute Gasteiger partial charge is 0.409 e. The molecule has 0 spiro atoms. The summed E-state index contributed by atoms with van der Waals surface area (Å²) in [5.41, 5.74) is 6.85. The second kappa shape index (κ2) is 5.64. The molecule has 0 bridgehead atoms. The molecule has 1 radical (unpaired) electrons. The van der Waals surface area contributed by atoms with E-state index in [1.165, 1.54) is 0 Å². The van der Waals surface area contributed by atoms with Crippen molar-refractivity contribution < 1.29 is 14.3 Å². The zero-order valence-electron chi connectivity index (χ0n) is 7.46. The van der Waals surface area contributed by atoms with Gasteiger partial charge < -0.3 is 10.1 Å². The Bertz CT molecular complexity index is 196. The van der Waals surface area contributed by atoms with Gasteiger partial charge in [0.25, 0.3) is 5.91 Å². The number of amides is 2. The molecule has 0 saturated heterocycles. The fourth-order valence-electron chi connectivity index (χ4n) is 0.753. The van der Waals surface area contributed by atoms with E-state index in [4.69, 9.17) is 17.3 Å². The van der Waals surface area contributed by atoms with Crippen molar-refractivity contribution >= 4 is 23.6 Å². The lowest BCUT2D eigenvalue weighted by Crippen LogP contribution is -2.45. The van der Waals surface area contributed by atoms with Gasteiger partial charge in [-0.05, 0) is 5.92 Å². The van der Waals surface area contributed by atoms with E-state index in [0.29, 0.717) is 0 Å². The monoisotopic (exact) mass is 207 g/mol. The first-order chi connectivity index (χ1) is 5.99. The summed E-state index contributed by atoms with van der Waals surface area (Å²) in [5.74, 6) is -0.991. The molecule has 75 valence electrons. The van der Waals surface area contributed by atoms with E-state index in [0.717, 1.165) is 0 Å². The maximum atomic E-state index is 10.8. The Labute approximate surface area is 81.6 Å². The molecular formula is C7H12ClN2O3. The highest BCUT2D eigenvalue weighted by molar-refractivity contribution is 6.17. The van der Waals surface area contributed by atoms with Crippen LogP contribution in [0.3, 0.4) is 0 Å². The lowest BCUT2D eigenvalue weighted by molar-refractivity contribution is -0.121. The number of alkyl halides is 1. The molecule has 0 aromatic rings. The van der Waals surface area contributed by atoms with Crippen LogP contribution in [-0.4, -0.2) is 24.1 Å². The summed E-state index contributed by atoms with van der Waals surface area (Å²) < 4.78 is 4.35. The third-order valence-corrected chi connectivity index (χ3v) is 1.52. The van der Waals surface area contributed by atoms with Gasteiger partial charge in [0.1, 0.15) is 6.04 Å². The van der Waals surface area contributed by atoms with Gasteiger partial charge in [-0.3, -0.25) is 10.5 Å². The minimum Gasteiger partial charge on any atom is -0.433 e. The quantitative estimate of drug-likeness (QED) is 0.691. The molecule has 0 rings (SSSR count). The van der Waals surface area contributed by atoms with Crippen molar-refractivity contribution in [1.82, 2.24) is 11.1 Å². The summed E-state index contributed by atoms with van der Waals surface area (Å²) >= 11 is 5.12. The first kappa shape index (κ1) is 12.0. The molecule has 6 heteroatoms. The number of hydrogen-bond acceptors (Lipinski definition) is 3. The van der Waals surface area contributed by atoms with Crippen LogP contribution in [0.5, 0.6) is 0 Å². The topological polar surface area (TPSA) is 79.2 Å². The normalized spacial score (nSPS) is 12.3. The summed E-state index contributed by atoms with van der Waals surface area (Å²) in [4.78, 5) is 21.5. The minimum atomic E-state index is -0.846. The molecule has 2 amide bonds. The predicted molar refractivity (Wildman–Crippen MR) is 47.1 cm³/mol. The molecule has 13 heavy (non-hydrogen) atoms. The van der Waals surface area contributed by atoms with Crippen molar-refractivity contribution in [2.75, 3.05) is 6.07 Å². The van der Waals surface area contributed by atoms with E-state index in [-0.39, 0.29) is 12.0 Å². The van der Waals surface area contributed by atoms with Gasteiger partial charge in [0.15, 0.2) is 6.07 Å². The number of rotatable bonds is 4. The molecule has 0 fully saturated rings. The maximum absolute atomic E-state index is 10.8. The molecule has 2 N–H and O–H groups in total. The Morgan fingerprint density at radius 3 is 2.38 bits per heavy atom. The average molecular weight is 208 g/mol. The van der Waals surface area contributed by atoms with Gasteiger partial charge in [0, 0.05) is 0 Å². The van der Waals surface area contributed by atoms with E-state index in [1.54, 1.807) is 13.8 Å². The largest absolute Gasteiger partial charge is 0.433 e. The lowest BCUT2D eigenvalue weighted by atomic mass is 10.0. The van der Waals surface area contributed by atoms with Crippen LogP contribution in [0.1, 0.15) is 13.8 Å². The summed E-state index contributed by atoms with van der Waals surface area (Å²) in [7, 11) is 0. The van der Waals surface area contributed by atoms with Crippen molar-refractivity contribution in [2.45, 2.75) is 19.9 Å². The summed E-state index contributed by atoms with van der Waals surface area (Å²) in [5, 5.41) is 2.23. The van der Waals surface area contributed by atoms with Gasteiger partial charge >= 0.3 is 6.09 Å². The molecular weight excluding hydrogens is 196 g/mol. The van der Waals surface area contributed by atoms with Crippen LogP contribution in [0.15, 0.2) is 0 Å². The molecule has 1 unspecified atom stereocenters. The summed E-state index contributed by atoms with van der Waals surface area (Å²) in [6.07, 6.45) is -0.783. The van der Waals surface area contributed by atoms with Gasteiger partial charge in [0.05, 0.1) is 0 Å². The lowest BCUT2D eigenvalue weighted by Gasteiger charge is -2.17. The number of alkyl carbamates (subject to hydrolysis) is 1. The van der Waals surface area contributed by atoms with Crippen LogP contribution in [0.25, 0.3) is 0 Å². The molecule has 1 atom stereocenters. The number of nitrogens with one attached hydrogen (secondary N) is 2. The van der Waals surface area contributed by atoms with Crippen LogP contribution < -0.4 is 11.1 Å². The van der Waals surface area contributed by atoms with Gasteiger partial charge in [-0.1, -0.05) is 25.4 Å². The average Bonchev–Trinajstić information content (AvgIpc) is 1.99. The first-order valence-electron chi connectivity index (χ1n) is 3.73. The van der Waals surface area contributed by atoms with Gasteiger partial charge in [-0.25, -0.2) is 4.79 Å². The summed E-state index contributed by atoms with van der Waals surface area (Å²) in [6, 6.07) is -1.11. The van der Waals surface area contributed by atoms with Crippen LogP contribution >= 0.6 is 11.6 Å². The van der Waals surface area contributed by atoms with Crippen LogP contribution in [-0.2, 0) is 9.53 Å². The number of hydrogen-bond donors (Lipinski definition) is 1. The first-order valence-corrected chi connectivity index (χ1v) is 4.27. The van der Waals surface area contributed by atoms with Crippen LogP contribution in [0.4, 0.5) is 4.79 Å².